The highest BCUT2D eigenvalue weighted by molar-refractivity contribution is 5.88. The Bertz CT molecular complexity index is 590. The molecule has 0 saturated heterocycles. The van der Waals surface area contributed by atoms with Crippen molar-refractivity contribution in [3.63, 3.8) is 0 Å². The molecule has 0 saturated carbocycles. The molecule has 1 heterocycles. The largest absolute Gasteiger partial charge is 0.478 e. The van der Waals surface area contributed by atoms with Crippen molar-refractivity contribution in [2.45, 2.75) is 13.8 Å². The molecular weight excluding hydrogens is 223 g/mol. The van der Waals surface area contributed by atoms with Crippen molar-refractivity contribution in [1.29, 1.82) is 0 Å². The summed E-state index contributed by atoms with van der Waals surface area (Å²) in [7, 11) is 0. The molecule has 0 aliphatic heterocycles. The summed E-state index contributed by atoms with van der Waals surface area (Å²) in [5, 5.41) is 12.9. The zero-order chi connectivity index (χ0) is 12.6. The van der Waals surface area contributed by atoms with Gasteiger partial charge in [0.2, 0.25) is 0 Å². The van der Waals surface area contributed by atoms with E-state index in [4.69, 9.17) is 5.11 Å². The normalized spacial score (nSPS) is 10.5. The Kier molecular flexibility index (Phi) is 2.67. The van der Waals surface area contributed by atoms with Gasteiger partial charge in [-0.25, -0.2) is 13.9 Å². The van der Waals surface area contributed by atoms with E-state index in [1.54, 1.807) is 26.0 Å². The van der Waals surface area contributed by atoms with Crippen LogP contribution in [0.4, 0.5) is 4.39 Å². The highest BCUT2D eigenvalue weighted by atomic mass is 19.1. The van der Waals surface area contributed by atoms with Crippen LogP contribution >= 0.6 is 0 Å². The number of hydrogen-bond donors (Lipinski definition) is 1. The number of carboxylic acids is 1. The molecule has 0 aliphatic carbocycles. The molecule has 1 aromatic carbocycles. The summed E-state index contributed by atoms with van der Waals surface area (Å²) in [6.45, 7) is 3.31. The third kappa shape index (κ3) is 1.91. The SMILES string of the molecule is Cc1cc(-n2ncc(C(=O)O)c2C)ccc1F. The standard InChI is InChI=1S/C12H11FN2O2/c1-7-5-9(3-4-11(7)13)15-8(2)10(6-14-15)12(16)17/h3-6H,1-2H3,(H,16,17). The lowest BCUT2D eigenvalue weighted by Crippen LogP contribution is -2.03. The Labute approximate surface area is 97.3 Å². The molecule has 5 heteroatoms. The first-order valence-corrected chi connectivity index (χ1v) is 5.05. The molecule has 4 nitrogen and oxygen atoms in total. The quantitative estimate of drug-likeness (QED) is 0.867. The number of nitrogens with zero attached hydrogens (tertiary/aromatic N) is 2. The Morgan fingerprint density at radius 1 is 1.41 bits per heavy atom. The fourth-order valence-electron chi connectivity index (χ4n) is 1.64. The number of rotatable bonds is 2. The second-order valence-electron chi connectivity index (χ2n) is 3.79. The smallest absolute Gasteiger partial charge is 0.339 e. The zero-order valence-corrected chi connectivity index (χ0v) is 9.44. The molecule has 88 valence electrons. The molecule has 0 amide bonds. The maximum absolute atomic E-state index is 13.1. The van der Waals surface area contributed by atoms with Crippen molar-refractivity contribution in [1.82, 2.24) is 9.78 Å². The van der Waals surface area contributed by atoms with E-state index in [0.29, 0.717) is 16.9 Å². The van der Waals surface area contributed by atoms with Gasteiger partial charge in [-0.05, 0) is 37.6 Å². The second kappa shape index (κ2) is 4.01. The minimum atomic E-state index is -1.02. The number of benzene rings is 1. The Morgan fingerprint density at radius 3 is 2.65 bits per heavy atom. The third-order valence-electron chi connectivity index (χ3n) is 2.63. The first kappa shape index (κ1) is 11.3. The molecular formula is C12H11FN2O2. The number of carboxylic acid groups (broad SMARTS) is 1. The van der Waals surface area contributed by atoms with Gasteiger partial charge in [0, 0.05) is 0 Å². The van der Waals surface area contributed by atoms with E-state index in [2.05, 4.69) is 5.10 Å². The summed E-state index contributed by atoms with van der Waals surface area (Å²) >= 11 is 0. The van der Waals surface area contributed by atoms with Crippen molar-refractivity contribution < 1.29 is 14.3 Å². The van der Waals surface area contributed by atoms with Crippen LogP contribution in [0.5, 0.6) is 0 Å². The van der Waals surface area contributed by atoms with Gasteiger partial charge < -0.3 is 5.11 Å². The Balaban J connectivity index is 2.53. The van der Waals surface area contributed by atoms with Crippen LogP contribution in [0.3, 0.4) is 0 Å². The summed E-state index contributed by atoms with van der Waals surface area (Å²) in [5.41, 5.74) is 1.80. The molecule has 0 fully saturated rings. The first-order valence-electron chi connectivity index (χ1n) is 5.05. The highest BCUT2D eigenvalue weighted by Gasteiger charge is 2.14. The lowest BCUT2D eigenvalue weighted by molar-refractivity contribution is 0.0696. The number of aryl methyl sites for hydroxylation is 1. The Hall–Kier alpha value is -2.17. The van der Waals surface area contributed by atoms with Crippen LogP contribution in [0.25, 0.3) is 5.69 Å². The molecule has 2 aromatic rings. The molecule has 17 heavy (non-hydrogen) atoms. The van der Waals surface area contributed by atoms with Crippen LogP contribution in [-0.2, 0) is 0 Å². The van der Waals surface area contributed by atoms with E-state index >= 15 is 0 Å². The highest BCUT2D eigenvalue weighted by Crippen LogP contribution is 2.17. The maximum Gasteiger partial charge on any atom is 0.339 e. The minimum Gasteiger partial charge on any atom is -0.478 e. The predicted octanol–water partition coefficient (Wildman–Crippen LogP) is 2.33. The maximum atomic E-state index is 13.1. The van der Waals surface area contributed by atoms with Crippen molar-refractivity contribution in [3.8, 4) is 5.69 Å². The van der Waals surface area contributed by atoms with E-state index in [1.807, 2.05) is 0 Å². The summed E-state index contributed by atoms with van der Waals surface area (Å²) in [6, 6.07) is 4.53. The van der Waals surface area contributed by atoms with Gasteiger partial charge in [0.25, 0.3) is 0 Å². The number of aromatic nitrogens is 2. The van der Waals surface area contributed by atoms with Crippen molar-refractivity contribution in [2.24, 2.45) is 0 Å². The predicted molar refractivity (Wildman–Crippen MR) is 60.0 cm³/mol. The van der Waals surface area contributed by atoms with Gasteiger partial charge in [0.15, 0.2) is 0 Å². The number of aromatic carboxylic acids is 1. The molecule has 0 radical (unpaired) electrons. The fourth-order valence-corrected chi connectivity index (χ4v) is 1.64. The van der Waals surface area contributed by atoms with Crippen molar-refractivity contribution in [2.75, 3.05) is 0 Å². The fraction of sp³-hybridized carbons (Fsp3) is 0.167. The van der Waals surface area contributed by atoms with Crippen molar-refractivity contribution in [3.05, 3.63) is 47.0 Å². The lowest BCUT2D eigenvalue weighted by Gasteiger charge is -2.06. The molecule has 2 rings (SSSR count). The third-order valence-corrected chi connectivity index (χ3v) is 2.63. The molecule has 0 bridgehead atoms. The molecule has 0 aliphatic rings. The summed E-state index contributed by atoms with van der Waals surface area (Å²) in [4.78, 5) is 10.9. The number of halogens is 1. The van der Waals surface area contributed by atoms with Gasteiger partial charge in [-0.3, -0.25) is 0 Å². The van der Waals surface area contributed by atoms with Crippen molar-refractivity contribution >= 4 is 5.97 Å². The van der Waals surface area contributed by atoms with Gasteiger partial charge in [0.1, 0.15) is 11.4 Å². The Morgan fingerprint density at radius 2 is 2.12 bits per heavy atom. The summed E-state index contributed by atoms with van der Waals surface area (Å²) < 4.78 is 14.6. The summed E-state index contributed by atoms with van der Waals surface area (Å²) in [5.74, 6) is -1.32. The van der Waals surface area contributed by atoms with Crippen LogP contribution in [0.15, 0.2) is 24.4 Å². The van der Waals surface area contributed by atoms with E-state index < -0.39 is 5.97 Å². The molecule has 1 N–H and O–H groups in total. The van der Waals surface area contributed by atoms with Crippen LogP contribution in [0.2, 0.25) is 0 Å². The van der Waals surface area contributed by atoms with E-state index in [0.717, 1.165) is 0 Å². The monoisotopic (exact) mass is 234 g/mol. The minimum absolute atomic E-state index is 0.145. The number of carbonyl (C=O) groups is 1. The van der Waals surface area contributed by atoms with Crippen LogP contribution in [-0.4, -0.2) is 20.9 Å². The first-order chi connectivity index (χ1) is 8.00. The lowest BCUT2D eigenvalue weighted by atomic mass is 10.2. The average Bonchev–Trinajstić information content (AvgIpc) is 2.64. The van der Waals surface area contributed by atoms with E-state index in [1.165, 1.54) is 16.9 Å². The van der Waals surface area contributed by atoms with E-state index in [9.17, 15) is 9.18 Å². The molecule has 1 aromatic heterocycles. The van der Waals surface area contributed by atoms with Gasteiger partial charge in [-0.2, -0.15) is 5.10 Å². The second-order valence-corrected chi connectivity index (χ2v) is 3.79. The van der Waals surface area contributed by atoms with E-state index in [-0.39, 0.29) is 11.4 Å². The van der Waals surface area contributed by atoms with Crippen LogP contribution < -0.4 is 0 Å². The van der Waals surface area contributed by atoms with Gasteiger partial charge >= 0.3 is 5.97 Å². The average molecular weight is 234 g/mol. The van der Waals surface area contributed by atoms with Gasteiger partial charge in [-0.15, -0.1) is 0 Å². The molecule has 0 atom stereocenters. The van der Waals surface area contributed by atoms with Crippen LogP contribution in [0, 0.1) is 19.7 Å². The zero-order valence-electron chi connectivity index (χ0n) is 9.44. The number of hydrogen-bond acceptors (Lipinski definition) is 2. The van der Waals surface area contributed by atoms with Gasteiger partial charge in [0.05, 0.1) is 17.6 Å². The topological polar surface area (TPSA) is 55.1 Å². The molecule has 0 spiro atoms. The molecule has 0 unspecified atom stereocenters. The van der Waals surface area contributed by atoms with Crippen LogP contribution in [0.1, 0.15) is 21.6 Å². The van der Waals surface area contributed by atoms with Gasteiger partial charge in [-0.1, -0.05) is 0 Å². The summed E-state index contributed by atoms with van der Waals surface area (Å²) in [6.07, 6.45) is 1.29.